The first-order valence-corrected chi connectivity index (χ1v) is 8.00. The van der Waals surface area contributed by atoms with E-state index in [4.69, 9.17) is 0 Å². The van der Waals surface area contributed by atoms with Crippen LogP contribution >= 0.6 is 0 Å². The minimum atomic E-state index is -0.780. The lowest BCUT2D eigenvalue weighted by Crippen LogP contribution is -2.47. The van der Waals surface area contributed by atoms with Crippen molar-refractivity contribution < 1.29 is 14.7 Å². The van der Waals surface area contributed by atoms with Crippen LogP contribution in [-0.2, 0) is 11.8 Å². The summed E-state index contributed by atoms with van der Waals surface area (Å²) in [5.41, 5.74) is -0.0762. The van der Waals surface area contributed by atoms with E-state index in [1.54, 1.807) is 22.7 Å². The summed E-state index contributed by atoms with van der Waals surface area (Å²) >= 11 is 0. The fourth-order valence-corrected chi connectivity index (χ4v) is 3.25. The number of aliphatic carboxylic acids is 1. The maximum Gasteiger partial charge on any atom is 0.309 e. The third kappa shape index (κ3) is 3.30. The molecular weight excluding hydrogens is 296 g/mol. The lowest BCUT2D eigenvalue weighted by molar-refractivity contribution is -0.152. The van der Waals surface area contributed by atoms with Crippen LogP contribution in [0.4, 0.5) is 0 Å². The largest absolute Gasteiger partial charge is 0.481 e. The van der Waals surface area contributed by atoms with Gasteiger partial charge < -0.3 is 14.6 Å². The van der Waals surface area contributed by atoms with Gasteiger partial charge in [-0.3, -0.25) is 14.4 Å². The molecule has 0 bridgehead atoms. The molecule has 0 unspecified atom stereocenters. The number of nitrogens with zero attached hydrogens (tertiary/aromatic N) is 2. The van der Waals surface area contributed by atoms with E-state index in [9.17, 15) is 19.5 Å². The molecule has 6 heteroatoms. The van der Waals surface area contributed by atoms with Gasteiger partial charge >= 0.3 is 5.97 Å². The Bertz CT molecular complexity index is 670. The van der Waals surface area contributed by atoms with Gasteiger partial charge in [0.05, 0.1) is 5.41 Å². The van der Waals surface area contributed by atoms with Crippen LogP contribution in [0.15, 0.2) is 17.1 Å². The minimum Gasteiger partial charge on any atom is -0.481 e. The van der Waals surface area contributed by atoms with Gasteiger partial charge in [-0.05, 0) is 26.2 Å². The summed E-state index contributed by atoms with van der Waals surface area (Å²) in [4.78, 5) is 37.8. The molecule has 1 N–H and O–H groups in total. The highest BCUT2D eigenvalue weighted by atomic mass is 16.4. The highest BCUT2D eigenvalue weighted by Crippen LogP contribution is 2.36. The Morgan fingerprint density at radius 1 is 1.30 bits per heavy atom. The molecule has 0 aromatic carbocycles. The molecule has 0 spiro atoms. The zero-order valence-corrected chi connectivity index (χ0v) is 14.0. The maximum absolute atomic E-state index is 12.6. The van der Waals surface area contributed by atoms with Crippen LogP contribution in [0.25, 0.3) is 0 Å². The van der Waals surface area contributed by atoms with Crippen molar-refractivity contribution in [1.29, 1.82) is 0 Å². The average molecular weight is 320 g/mol. The van der Waals surface area contributed by atoms with Gasteiger partial charge in [0.2, 0.25) is 0 Å². The normalized spacial score (nSPS) is 17.1. The molecule has 0 atom stereocenters. The number of rotatable bonds is 4. The molecule has 1 saturated heterocycles. The molecule has 1 fully saturated rings. The van der Waals surface area contributed by atoms with Gasteiger partial charge in [-0.2, -0.15) is 0 Å². The molecule has 1 aliphatic rings. The molecule has 6 nitrogen and oxygen atoms in total. The summed E-state index contributed by atoms with van der Waals surface area (Å²) < 4.78 is 1.75. The number of hydrogen-bond donors (Lipinski definition) is 1. The quantitative estimate of drug-likeness (QED) is 0.917. The summed E-state index contributed by atoms with van der Waals surface area (Å²) in [7, 11) is 1.79. The molecule has 0 radical (unpaired) electrons. The second-order valence-electron chi connectivity index (χ2n) is 6.43. The molecule has 0 aliphatic carbocycles. The van der Waals surface area contributed by atoms with Crippen LogP contribution in [0.3, 0.4) is 0 Å². The number of hydrogen-bond acceptors (Lipinski definition) is 3. The summed E-state index contributed by atoms with van der Waals surface area (Å²) in [6.07, 6.45) is 3.86. The van der Waals surface area contributed by atoms with Crippen LogP contribution in [0.2, 0.25) is 0 Å². The van der Waals surface area contributed by atoms with E-state index in [0.717, 1.165) is 12.1 Å². The van der Waals surface area contributed by atoms with Gasteiger partial charge in [0, 0.05) is 38.1 Å². The van der Waals surface area contributed by atoms with Crippen LogP contribution in [0.1, 0.15) is 48.7 Å². The van der Waals surface area contributed by atoms with Crippen molar-refractivity contribution in [2.75, 3.05) is 13.1 Å². The zero-order valence-electron chi connectivity index (χ0n) is 14.0. The molecule has 1 aromatic heterocycles. The third-order valence-corrected chi connectivity index (χ3v) is 4.90. The average Bonchev–Trinajstić information content (AvgIpc) is 2.51. The smallest absolute Gasteiger partial charge is 0.309 e. The van der Waals surface area contributed by atoms with E-state index in [2.05, 4.69) is 0 Å². The first-order chi connectivity index (χ1) is 10.8. The maximum atomic E-state index is 12.6. The lowest BCUT2D eigenvalue weighted by atomic mass is 9.75. The van der Waals surface area contributed by atoms with Gasteiger partial charge in [-0.25, -0.2) is 0 Å². The molecular formula is C17H24N2O4. The standard InChI is InChI=1S/C17H24N2O4/c1-4-5-17(16(22)23)6-8-19(9-7-17)15(21)13-11-18(3)12(2)10-14(13)20/h10-11H,4-9H2,1-3H3,(H,22,23). The van der Waals surface area contributed by atoms with Crippen LogP contribution in [0, 0.1) is 12.3 Å². The molecule has 126 valence electrons. The van der Waals surface area contributed by atoms with E-state index >= 15 is 0 Å². The van der Waals surface area contributed by atoms with Crippen LogP contribution in [-0.4, -0.2) is 39.5 Å². The fourth-order valence-electron chi connectivity index (χ4n) is 3.25. The first-order valence-electron chi connectivity index (χ1n) is 8.00. The van der Waals surface area contributed by atoms with Crippen molar-refractivity contribution in [1.82, 2.24) is 9.47 Å². The van der Waals surface area contributed by atoms with Crippen molar-refractivity contribution in [3.05, 3.63) is 33.7 Å². The number of amides is 1. The monoisotopic (exact) mass is 320 g/mol. The second kappa shape index (κ2) is 6.56. The van der Waals surface area contributed by atoms with Crippen molar-refractivity contribution in [2.45, 2.75) is 39.5 Å². The second-order valence-corrected chi connectivity index (χ2v) is 6.43. The number of pyridine rings is 1. The Morgan fingerprint density at radius 2 is 1.91 bits per heavy atom. The van der Waals surface area contributed by atoms with Crippen molar-refractivity contribution in [3.63, 3.8) is 0 Å². The predicted octanol–water partition coefficient (Wildman–Crippen LogP) is 1.80. The van der Waals surface area contributed by atoms with Gasteiger partial charge in [0.25, 0.3) is 5.91 Å². The summed E-state index contributed by atoms with van der Waals surface area (Å²) in [6, 6.07) is 1.45. The lowest BCUT2D eigenvalue weighted by Gasteiger charge is -2.38. The topological polar surface area (TPSA) is 79.6 Å². The number of aryl methyl sites for hydroxylation is 2. The number of aromatic nitrogens is 1. The fraction of sp³-hybridized carbons (Fsp3) is 0.588. The number of carboxylic acid groups (broad SMARTS) is 1. The summed E-state index contributed by atoms with van der Waals surface area (Å²) in [6.45, 7) is 4.53. The van der Waals surface area contributed by atoms with E-state index in [1.165, 1.54) is 6.07 Å². The SMILES string of the molecule is CCCC1(C(=O)O)CCN(C(=O)c2cn(C)c(C)cc2=O)CC1. The molecule has 0 saturated carbocycles. The summed E-state index contributed by atoms with van der Waals surface area (Å²) in [5, 5.41) is 9.52. The number of carbonyl (C=O) groups excluding carboxylic acids is 1. The Kier molecular flexibility index (Phi) is 4.92. The number of likely N-dealkylation sites (tertiary alicyclic amines) is 1. The Morgan fingerprint density at radius 3 is 2.43 bits per heavy atom. The number of piperidine rings is 1. The minimum absolute atomic E-state index is 0.149. The number of carbonyl (C=O) groups is 2. The van der Waals surface area contributed by atoms with E-state index < -0.39 is 11.4 Å². The molecule has 1 amide bonds. The van der Waals surface area contributed by atoms with Gasteiger partial charge in [-0.1, -0.05) is 13.3 Å². The van der Waals surface area contributed by atoms with Crippen LogP contribution < -0.4 is 5.43 Å². The Labute approximate surface area is 135 Å². The Hall–Kier alpha value is -2.11. The highest BCUT2D eigenvalue weighted by molar-refractivity contribution is 5.94. The zero-order chi connectivity index (χ0) is 17.2. The van der Waals surface area contributed by atoms with E-state index in [1.807, 2.05) is 13.8 Å². The van der Waals surface area contributed by atoms with Gasteiger partial charge in [-0.15, -0.1) is 0 Å². The third-order valence-electron chi connectivity index (χ3n) is 4.90. The first kappa shape index (κ1) is 17.2. The van der Waals surface area contributed by atoms with Crippen molar-refractivity contribution in [3.8, 4) is 0 Å². The molecule has 23 heavy (non-hydrogen) atoms. The molecule has 2 heterocycles. The van der Waals surface area contributed by atoms with Crippen molar-refractivity contribution in [2.24, 2.45) is 12.5 Å². The molecule has 1 aromatic rings. The Balaban J connectivity index is 2.17. The predicted molar refractivity (Wildman–Crippen MR) is 86.5 cm³/mol. The highest BCUT2D eigenvalue weighted by Gasteiger charge is 2.41. The van der Waals surface area contributed by atoms with Crippen molar-refractivity contribution >= 4 is 11.9 Å². The molecule has 1 aliphatic heterocycles. The van der Waals surface area contributed by atoms with Gasteiger partial charge in [0.1, 0.15) is 5.56 Å². The summed E-state index contributed by atoms with van der Waals surface area (Å²) in [5.74, 6) is -1.08. The van der Waals surface area contributed by atoms with E-state index in [0.29, 0.717) is 32.4 Å². The molecule has 2 rings (SSSR count). The van der Waals surface area contributed by atoms with Crippen LogP contribution in [0.5, 0.6) is 0 Å². The van der Waals surface area contributed by atoms with Gasteiger partial charge in [0.15, 0.2) is 5.43 Å². The van der Waals surface area contributed by atoms with E-state index in [-0.39, 0.29) is 16.9 Å². The number of carboxylic acids is 1.